The number of anilines is 1. The largest absolute Gasteiger partial charge is 0.508 e. The molecule has 6 heteroatoms. The van der Waals surface area contributed by atoms with Crippen molar-refractivity contribution in [2.75, 3.05) is 11.9 Å². The maximum atomic E-state index is 9.57. The molecule has 0 atom stereocenters. The van der Waals surface area contributed by atoms with Crippen LogP contribution in [0.3, 0.4) is 0 Å². The van der Waals surface area contributed by atoms with Crippen molar-refractivity contribution in [1.29, 1.82) is 0 Å². The summed E-state index contributed by atoms with van der Waals surface area (Å²) in [6.07, 6.45) is 0. The fourth-order valence-electron chi connectivity index (χ4n) is 3.29. The van der Waals surface area contributed by atoms with E-state index >= 15 is 0 Å². The number of fused-ring (bicyclic) bond motifs is 3. The number of ether oxygens (including phenoxy) is 1. The summed E-state index contributed by atoms with van der Waals surface area (Å²) in [5.74, 6) is 1.09. The molecule has 2 heterocycles. The van der Waals surface area contributed by atoms with Crippen molar-refractivity contribution in [3.05, 3.63) is 52.0 Å². The molecule has 0 bridgehead atoms. The Balaban J connectivity index is 1.95. The highest BCUT2D eigenvalue weighted by molar-refractivity contribution is 7.71. The van der Waals surface area contributed by atoms with E-state index in [4.69, 9.17) is 17.0 Å². The lowest BCUT2D eigenvalue weighted by Gasteiger charge is -2.33. The molecular formula is C20H20N2O2S2. The predicted molar refractivity (Wildman–Crippen MR) is 109 cm³/mol. The average Bonchev–Trinajstić information content (AvgIpc) is 2.95. The summed E-state index contributed by atoms with van der Waals surface area (Å²) in [6, 6.07) is 13.2. The molecule has 1 aromatic heterocycles. The van der Waals surface area contributed by atoms with Crippen molar-refractivity contribution in [3.63, 3.8) is 0 Å². The third-order valence-corrected chi connectivity index (χ3v) is 6.45. The Morgan fingerprint density at radius 2 is 1.92 bits per heavy atom. The molecule has 134 valence electrons. The fourth-order valence-corrected chi connectivity index (χ4v) is 4.94. The number of nitrogens with zero attached hydrogens (tertiary/aromatic N) is 1. The zero-order chi connectivity index (χ0) is 18.5. The molecule has 0 saturated heterocycles. The first kappa shape index (κ1) is 17.1. The molecule has 2 N–H and O–H groups in total. The molecule has 4 rings (SSSR count). The van der Waals surface area contributed by atoms with E-state index in [1.165, 1.54) is 4.88 Å². The number of rotatable bonds is 3. The van der Waals surface area contributed by atoms with Crippen LogP contribution in [0.4, 0.5) is 5.69 Å². The molecule has 0 unspecified atom stereocenters. The molecule has 1 aliphatic rings. The number of hydrogen-bond acceptors (Lipinski definition) is 5. The van der Waals surface area contributed by atoms with Crippen molar-refractivity contribution >= 4 is 29.4 Å². The van der Waals surface area contributed by atoms with Gasteiger partial charge in [0.2, 0.25) is 0 Å². The predicted octanol–water partition coefficient (Wildman–Crippen LogP) is 5.70. The first-order valence-corrected chi connectivity index (χ1v) is 9.70. The minimum atomic E-state index is -0.226. The van der Waals surface area contributed by atoms with E-state index in [0.717, 1.165) is 32.9 Å². The SMILES string of the molecule is CCOc1ccc2c(c1)-c1c(sn(-c3ccc(O)cc3)c1=S)C(C)(C)N2. The van der Waals surface area contributed by atoms with Crippen molar-refractivity contribution in [1.82, 2.24) is 3.96 Å². The molecule has 26 heavy (non-hydrogen) atoms. The fraction of sp³-hybridized carbons (Fsp3) is 0.250. The van der Waals surface area contributed by atoms with Crippen LogP contribution in [0.2, 0.25) is 0 Å². The van der Waals surface area contributed by atoms with E-state index in [-0.39, 0.29) is 11.3 Å². The number of benzene rings is 2. The summed E-state index contributed by atoms with van der Waals surface area (Å²) in [7, 11) is 0. The maximum absolute atomic E-state index is 9.57. The standard InChI is InChI=1S/C20H20N2O2S2/c1-4-24-14-9-10-16-15(11-14)17-18(20(2,3)21-16)26-22(19(17)25)12-5-7-13(23)8-6-12/h5-11,21,23H,4H2,1-3H3. The third-order valence-electron chi connectivity index (χ3n) is 4.48. The molecule has 0 fully saturated rings. The van der Waals surface area contributed by atoms with Crippen LogP contribution < -0.4 is 10.1 Å². The first-order chi connectivity index (χ1) is 12.4. The lowest BCUT2D eigenvalue weighted by atomic mass is 9.90. The monoisotopic (exact) mass is 384 g/mol. The van der Waals surface area contributed by atoms with Crippen LogP contribution >= 0.6 is 23.8 Å². The second-order valence-electron chi connectivity index (χ2n) is 6.80. The Kier molecular flexibility index (Phi) is 4.04. The van der Waals surface area contributed by atoms with Crippen LogP contribution in [0.15, 0.2) is 42.5 Å². The van der Waals surface area contributed by atoms with Crippen LogP contribution in [-0.4, -0.2) is 15.7 Å². The van der Waals surface area contributed by atoms with E-state index in [1.54, 1.807) is 23.7 Å². The number of aromatic nitrogens is 1. The second-order valence-corrected chi connectivity index (χ2v) is 8.14. The maximum Gasteiger partial charge on any atom is 0.129 e. The zero-order valence-corrected chi connectivity index (χ0v) is 16.5. The molecule has 4 nitrogen and oxygen atoms in total. The number of phenolic OH excluding ortho intramolecular Hbond substituents is 1. The summed E-state index contributed by atoms with van der Waals surface area (Å²) in [6.45, 7) is 6.94. The van der Waals surface area contributed by atoms with E-state index in [9.17, 15) is 5.11 Å². The van der Waals surface area contributed by atoms with E-state index in [2.05, 4.69) is 31.3 Å². The Bertz CT molecular complexity index is 1030. The van der Waals surface area contributed by atoms with Crippen LogP contribution in [-0.2, 0) is 5.54 Å². The summed E-state index contributed by atoms with van der Waals surface area (Å²) < 4.78 is 8.52. The van der Waals surface area contributed by atoms with Crippen LogP contribution in [0.25, 0.3) is 16.8 Å². The molecule has 0 spiro atoms. The Hall–Kier alpha value is -2.31. The minimum absolute atomic E-state index is 0.226. The number of phenols is 1. The topological polar surface area (TPSA) is 46.4 Å². The molecule has 0 aliphatic carbocycles. The summed E-state index contributed by atoms with van der Waals surface area (Å²) in [5, 5.41) is 13.2. The van der Waals surface area contributed by atoms with Crippen molar-refractivity contribution in [3.8, 4) is 28.3 Å². The van der Waals surface area contributed by atoms with Crippen LogP contribution in [0, 0.1) is 4.64 Å². The van der Waals surface area contributed by atoms with Crippen LogP contribution in [0.5, 0.6) is 11.5 Å². The van der Waals surface area contributed by atoms with Gasteiger partial charge in [-0.05, 0) is 63.2 Å². The van der Waals surface area contributed by atoms with Gasteiger partial charge in [0.25, 0.3) is 0 Å². The first-order valence-electron chi connectivity index (χ1n) is 8.52. The highest BCUT2D eigenvalue weighted by atomic mass is 32.1. The lowest BCUT2D eigenvalue weighted by molar-refractivity contribution is 0.340. The number of aromatic hydroxyl groups is 1. The molecule has 0 amide bonds. The van der Waals surface area contributed by atoms with Gasteiger partial charge in [0.05, 0.1) is 22.7 Å². The summed E-state index contributed by atoms with van der Waals surface area (Å²) in [5.41, 5.74) is 3.94. The molecular weight excluding hydrogens is 364 g/mol. The summed E-state index contributed by atoms with van der Waals surface area (Å²) in [4.78, 5) is 1.19. The van der Waals surface area contributed by atoms with Crippen LogP contribution in [0.1, 0.15) is 25.6 Å². The Morgan fingerprint density at radius 3 is 2.62 bits per heavy atom. The van der Waals surface area contributed by atoms with E-state index in [1.807, 2.05) is 29.1 Å². The smallest absolute Gasteiger partial charge is 0.129 e. The minimum Gasteiger partial charge on any atom is -0.508 e. The van der Waals surface area contributed by atoms with Gasteiger partial charge >= 0.3 is 0 Å². The second kappa shape index (κ2) is 6.14. The van der Waals surface area contributed by atoms with Gasteiger partial charge in [0.15, 0.2) is 0 Å². The normalized spacial score (nSPS) is 14.3. The van der Waals surface area contributed by atoms with Gasteiger partial charge in [0, 0.05) is 16.8 Å². The van der Waals surface area contributed by atoms with Crippen molar-refractivity contribution < 1.29 is 9.84 Å². The Morgan fingerprint density at radius 1 is 1.19 bits per heavy atom. The molecule has 1 aliphatic heterocycles. The molecule has 0 saturated carbocycles. The average molecular weight is 385 g/mol. The van der Waals surface area contributed by atoms with Gasteiger partial charge < -0.3 is 15.2 Å². The van der Waals surface area contributed by atoms with E-state index < -0.39 is 0 Å². The number of nitrogens with one attached hydrogen (secondary N) is 1. The van der Waals surface area contributed by atoms with Crippen molar-refractivity contribution in [2.24, 2.45) is 0 Å². The van der Waals surface area contributed by atoms with Gasteiger partial charge in [-0.2, -0.15) is 0 Å². The molecule has 3 aromatic rings. The quantitative estimate of drug-likeness (QED) is 0.569. The summed E-state index contributed by atoms with van der Waals surface area (Å²) >= 11 is 7.49. The van der Waals surface area contributed by atoms with E-state index in [0.29, 0.717) is 6.61 Å². The van der Waals surface area contributed by atoms with Gasteiger partial charge in [0.1, 0.15) is 16.1 Å². The van der Waals surface area contributed by atoms with Gasteiger partial charge in [-0.1, -0.05) is 23.8 Å². The van der Waals surface area contributed by atoms with Gasteiger partial charge in [-0.25, -0.2) is 0 Å². The van der Waals surface area contributed by atoms with Gasteiger partial charge in [-0.15, -0.1) is 0 Å². The highest BCUT2D eigenvalue weighted by Gasteiger charge is 2.34. The van der Waals surface area contributed by atoms with Gasteiger partial charge in [-0.3, -0.25) is 3.96 Å². The number of hydrogen-bond donors (Lipinski definition) is 2. The third kappa shape index (κ3) is 2.70. The highest BCUT2D eigenvalue weighted by Crippen LogP contribution is 2.48. The lowest BCUT2D eigenvalue weighted by Crippen LogP contribution is -2.30. The molecule has 2 aromatic carbocycles. The Labute approximate surface area is 161 Å². The zero-order valence-electron chi connectivity index (χ0n) is 14.9. The van der Waals surface area contributed by atoms with Crippen molar-refractivity contribution in [2.45, 2.75) is 26.3 Å². The molecule has 0 radical (unpaired) electrons.